The second kappa shape index (κ2) is 8.11. The number of halogens is 2. The molecule has 0 aromatic heterocycles. The number of hydrogen-bond donors (Lipinski definition) is 1. The van der Waals surface area contributed by atoms with Crippen LogP contribution in [0.4, 0.5) is 4.39 Å². The van der Waals surface area contributed by atoms with E-state index in [1.807, 2.05) is 6.92 Å². The van der Waals surface area contributed by atoms with Crippen LogP contribution in [0.5, 0.6) is 0 Å². The Kier molecular flexibility index (Phi) is 6.42. The van der Waals surface area contributed by atoms with Crippen LogP contribution in [-0.2, 0) is 11.3 Å². The maximum atomic E-state index is 13.9. The number of rotatable bonds is 5. The molecule has 1 heterocycles. The summed E-state index contributed by atoms with van der Waals surface area (Å²) in [5.41, 5.74) is 0.658. The largest absolute Gasteiger partial charge is 0.353 e. The summed E-state index contributed by atoms with van der Waals surface area (Å²) in [5.74, 6) is 0.404. The standard InChI is InChI=1S/C18H26ClFN2O/c1-12(2)13(3)21-18(23)14-6-8-22(9-7-14)11-15-4-5-16(19)10-17(15)20/h4-5,10,12-14H,6-9,11H2,1-3H3,(H,21,23)/t13-/m1/s1. The van der Waals surface area contributed by atoms with Crippen LogP contribution in [-0.4, -0.2) is 29.9 Å². The van der Waals surface area contributed by atoms with Gasteiger partial charge in [0.05, 0.1) is 0 Å². The quantitative estimate of drug-likeness (QED) is 0.883. The Hall–Kier alpha value is -1.13. The van der Waals surface area contributed by atoms with Crippen molar-refractivity contribution in [3.8, 4) is 0 Å². The average Bonchev–Trinajstić information content (AvgIpc) is 2.50. The Bertz CT molecular complexity index is 542. The summed E-state index contributed by atoms with van der Waals surface area (Å²) in [6, 6.07) is 5.00. The van der Waals surface area contributed by atoms with Crippen LogP contribution in [0.15, 0.2) is 18.2 Å². The molecule has 1 aliphatic rings. The Balaban J connectivity index is 1.83. The minimum Gasteiger partial charge on any atom is -0.353 e. The van der Waals surface area contributed by atoms with E-state index in [1.54, 1.807) is 12.1 Å². The van der Waals surface area contributed by atoms with Crippen molar-refractivity contribution >= 4 is 17.5 Å². The van der Waals surface area contributed by atoms with E-state index in [9.17, 15) is 9.18 Å². The number of carbonyl (C=O) groups is 1. The number of piperidine rings is 1. The molecule has 5 heteroatoms. The summed E-state index contributed by atoms with van der Waals surface area (Å²) in [7, 11) is 0. The lowest BCUT2D eigenvalue weighted by atomic mass is 9.94. The molecule has 128 valence electrons. The molecule has 0 radical (unpaired) electrons. The molecule has 1 fully saturated rings. The molecule has 1 amide bonds. The van der Waals surface area contributed by atoms with E-state index in [0.717, 1.165) is 25.9 Å². The lowest BCUT2D eigenvalue weighted by Crippen LogP contribution is -2.44. The number of amides is 1. The number of benzene rings is 1. The molecule has 2 rings (SSSR count). The van der Waals surface area contributed by atoms with Crippen molar-refractivity contribution in [1.29, 1.82) is 0 Å². The van der Waals surface area contributed by atoms with E-state index in [-0.39, 0.29) is 23.7 Å². The van der Waals surface area contributed by atoms with Crippen LogP contribution in [0.2, 0.25) is 5.02 Å². The predicted octanol–water partition coefficient (Wildman–Crippen LogP) is 3.85. The zero-order chi connectivity index (χ0) is 17.0. The molecular weight excluding hydrogens is 315 g/mol. The second-order valence-electron chi connectivity index (χ2n) is 6.83. The smallest absolute Gasteiger partial charge is 0.223 e. The minimum absolute atomic E-state index is 0.0718. The van der Waals surface area contributed by atoms with Crippen molar-refractivity contribution in [2.75, 3.05) is 13.1 Å². The van der Waals surface area contributed by atoms with Gasteiger partial charge in [-0.15, -0.1) is 0 Å². The summed E-state index contributed by atoms with van der Waals surface area (Å²) in [5, 5.41) is 3.51. The molecule has 1 aromatic carbocycles. The van der Waals surface area contributed by atoms with E-state index < -0.39 is 0 Å². The first-order valence-electron chi connectivity index (χ1n) is 8.33. The number of likely N-dealkylation sites (tertiary alicyclic amines) is 1. The Morgan fingerprint density at radius 2 is 2.00 bits per heavy atom. The molecule has 0 bridgehead atoms. The van der Waals surface area contributed by atoms with Crippen molar-refractivity contribution in [3.05, 3.63) is 34.6 Å². The fourth-order valence-electron chi connectivity index (χ4n) is 2.75. The van der Waals surface area contributed by atoms with Crippen LogP contribution in [0.1, 0.15) is 39.2 Å². The van der Waals surface area contributed by atoms with Gasteiger partial charge in [0.2, 0.25) is 5.91 Å². The molecule has 1 saturated heterocycles. The van der Waals surface area contributed by atoms with Crippen molar-refractivity contribution in [2.45, 2.75) is 46.2 Å². The molecule has 0 aliphatic carbocycles. The van der Waals surface area contributed by atoms with Crippen LogP contribution < -0.4 is 5.32 Å². The Labute approximate surface area is 143 Å². The predicted molar refractivity (Wildman–Crippen MR) is 91.9 cm³/mol. The molecule has 1 N–H and O–H groups in total. The zero-order valence-corrected chi connectivity index (χ0v) is 14.9. The number of nitrogens with zero attached hydrogens (tertiary/aromatic N) is 1. The first-order chi connectivity index (χ1) is 10.9. The first kappa shape index (κ1) is 18.2. The molecule has 1 aromatic rings. The second-order valence-corrected chi connectivity index (χ2v) is 7.26. The highest BCUT2D eigenvalue weighted by molar-refractivity contribution is 6.30. The van der Waals surface area contributed by atoms with Crippen LogP contribution in [0, 0.1) is 17.7 Å². The van der Waals surface area contributed by atoms with Gasteiger partial charge in [-0.25, -0.2) is 4.39 Å². The van der Waals surface area contributed by atoms with Crippen molar-refractivity contribution in [3.63, 3.8) is 0 Å². The molecule has 0 unspecified atom stereocenters. The minimum atomic E-state index is -0.261. The van der Waals surface area contributed by atoms with E-state index in [4.69, 9.17) is 11.6 Å². The topological polar surface area (TPSA) is 32.3 Å². The highest BCUT2D eigenvalue weighted by Gasteiger charge is 2.26. The lowest BCUT2D eigenvalue weighted by Gasteiger charge is -2.32. The molecular formula is C18H26ClFN2O. The fraction of sp³-hybridized carbons (Fsp3) is 0.611. The van der Waals surface area contributed by atoms with Gasteiger partial charge < -0.3 is 5.32 Å². The number of nitrogens with one attached hydrogen (secondary N) is 1. The molecule has 3 nitrogen and oxygen atoms in total. The van der Waals surface area contributed by atoms with Gasteiger partial charge in [-0.3, -0.25) is 9.69 Å². The third-order valence-corrected chi connectivity index (χ3v) is 4.97. The number of carbonyl (C=O) groups excluding carboxylic acids is 1. The molecule has 0 spiro atoms. The van der Waals surface area contributed by atoms with Gasteiger partial charge >= 0.3 is 0 Å². The molecule has 1 aliphatic heterocycles. The Morgan fingerprint density at radius 3 is 2.57 bits per heavy atom. The molecule has 0 saturated carbocycles. The average molecular weight is 341 g/mol. The lowest BCUT2D eigenvalue weighted by molar-refractivity contribution is -0.127. The van der Waals surface area contributed by atoms with E-state index >= 15 is 0 Å². The first-order valence-corrected chi connectivity index (χ1v) is 8.71. The van der Waals surface area contributed by atoms with Gasteiger partial charge in [0.1, 0.15) is 5.82 Å². The number of hydrogen-bond acceptors (Lipinski definition) is 2. The highest BCUT2D eigenvalue weighted by Crippen LogP contribution is 2.22. The normalized spacial score (nSPS) is 18.2. The summed E-state index contributed by atoms with van der Waals surface area (Å²) >= 11 is 5.78. The molecule has 1 atom stereocenters. The van der Waals surface area contributed by atoms with Gasteiger partial charge in [0, 0.05) is 29.1 Å². The maximum absolute atomic E-state index is 13.9. The third-order valence-electron chi connectivity index (χ3n) is 4.74. The van der Waals surface area contributed by atoms with E-state index in [0.29, 0.717) is 23.0 Å². The van der Waals surface area contributed by atoms with Gasteiger partial charge in [0.25, 0.3) is 0 Å². The maximum Gasteiger partial charge on any atom is 0.223 e. The van der Waals surface area contributed by atoms with Crippen LogP contribution in [0.3, 0.4) is 0 Å². The van der Waals surface area contributed by atoms with Crippen LogP contribution in [0.25, 0.3) is 0 Å². The van der Waals surface area contributed by atoms with Crippen molar-refractivity contribution in [1.82, 2.24) is 10.2 Å². The molecule has 23 heavy (non-hydrogen) atoms. The fourth-order valence-corrected chi connectivity index (χ4v) is 2.91. The highest BCUT2D eigenvalue weighted by atomic mass is 35.5. The van der Waals surface area contributed by atoms with E-state index in [2.05, 4.69) is 24.1 Å². The van der Waals surface area contributed by atoms with Gasteiger partial charge in [-0.1, -0.05) is 31.5 Å². The van der Waals surface area contributed by atoms with Crippen molar-refractivity contribution in [2.24, 2.45) is 11.8 Å². The zero-order valence-electron chi connectivity index (χ0n) is 14.1. The summed E-state index contributed by atoms with van der Waals surface area (Å²) < 4.78 is 13.9. The Morgan fingerprint density at radius 1 is 1.35 bits per heavy atom. The van der Waals surface area contributed by atoms with Crippen molar-refractivity contribution < 1.29 is 9.18 Å². The van der Waals surface area contributed by atoms with Gasteiger partial charge in [0.15, 0.2) is 0 Å². The summed E-state index contributed by atoms with van der Waals surface area (Å²) in [6.45, 7) is 8.45. The van der Waals surface area contributed by atoms with Gasteiger partial charge in [-0.05, 0) is 50.9 Å². The summed E-state index contributed by atoms with van der Waals surface area (Å²) in [6.07, 6.45) is 1.65. The van der Waals surface area contributed by atoms with E-state index in [1.165, 1.54) is 6.07 Å². The monoisotopic (exact) mass is 340 g/mol. The van der Waals surface area contributed by atoms with Gasteiger partial charge in [-0.2, -0.15) is 0 Å². The van der Waals surface area contributed by atoms with Crippen LogP contribution >= 0.6 is 11.6 Å². The SMILES string of the molecule is CC(C)[C@@H](C)NC(=O)C1CCN(Cc2ccc(Cl)cc2F)CC1. The third kappa shape index (κ3) is 5.18. The summed E-state index contributed by atoms with van der Waals surface area (Å²) in [4.78, 5) is 14.5.